The van der Waals surface area contributed by atoms with Crippen molar-refractivity contribution in [3.63, 3.8) is 0 Å². The molecule has 1 aromatic heterocycles. The van der Waals surface area contributed by atoms with Crippen LogP contribution in [0.1, 0.15) is 17.4 Å². The van der Waals surface area contributed by atoms with Crippen molar-refractivity contribution in [3.05, 3.63) is 30.1 Å². The number of carboxylic acid groups (broad SMARTS) is 1. The molecule has 3 N–H and O–H groups in total. The Kier molecular flexibility index (Phi) is 3.51. The number of rotatable bonds is 5. The van der Waals surface area contributed by atoms with E-state index in [1.54, 1.807) is 6.92 Å². The van der Waals surface area contributed by atoms with E-state index in [9.17, 15) is 13.2 Å². The average molecular weight is 244 g/mol. The molecule has 0 aliphatic rings. The molecule has 0 bridgehead atoms. The van der Waals surface area contributed by atoms with E-state index >= 15 is 0 Å². The van der Waals surface area contributed by atoms with Crippen molar-refractivity contribution >= 4 is 16.0 Å². The lowest BCUT2D eigenvalue weighted by atomic mass is 10.4. The lowest BCUT2D eigenvalue weighted by Gasteiger charge is -2.03. The van der Waals surface area contributed by atoms with Gasteiger partial charge in [0.25, 0.3) is 0 Å². The minimum Gasteiger partial charge on any atom is -0.477 e. The Morgan fingerprint density at radius 1 is 1.62 bits per heavy atom. The van der Waals surface area contributed by atoms with Crippen molar-refractivity contribution in [2.45, 2.75) is 11.8 Å². The molecule has 0 amide bonds. The molecule has 0 unspecified atom stereocenters. The fourth-order valence-electron chi connectivity index (χ4n) is 0.955. The average Bonchev–Trinajstić information content (AvgIpc) is 2.64. The van der Waals surface area contributed by atoms with Crippen molar-refractivity contribution in [1.82, 2.24) is 9.71 Å². The van der Waals surface area contributed by atoms with Crippen molar-refractivity contribution in [2.24, 2.45) is 0 Å². The van der Waals surface area contributed by atoms with Gasteiger partial charge in [-0.05, 0) is 13.0 Å². The number of hydrogen-bond donors (Lipinski definition) is 3. The molecular weight excluding hydrogens is 232 g/mol. The molecule has 0 radical (unpaired) electrons. The summed E-state index contributed by atoms with van der Waals surface area (Å²) in [5.41, 5.74) is 0.494. The van der Waals surface area contributed by atoms with Gasteiger partial charge in [-0.1, -0.05) is 12.2 Å². The van der Waals surface area contributed by atoms with Crippen LogP contribution >= 0.6 is 0 Å². The summed E-state index contributed by atoms with van der Waals surface area (Å²) < 4.78 is 25.5. The van der Waals surface area contributed by atoms with Crippen molar-refractivity contribution < 1.29 is 18.3 Å². The molecule has 1 aromatic rings. The van der Waals surface area contributed by atoms with Gasteiger partial charge in [-0.2, -0.15) is 0 Å². The highest BCUT2D eigenvalue weighted by Crippen LogP contribution is 2.10. The number of aromatic nitrogens is 1. The largest absolute Gasteiger partial charge is 0.477 e. The fraction of sp³-hybridized carbons (Fsp3) is 0.222. The maximum atomic E-state index is 11.6. The van der Waals surface area contributed by atoms with Gasteiger partial charge in [0.1, 0.15) is 10.6 Å². The van der Waals surface area contributed by atoms with Crippen LogP contribution in [-0.2, 0) is 10.0 Å². The molecule has 0 atom stereocenters. The second kappa shape index (κ2) is 4.50. The van der Waals surface area contributed by atoms with Gasteiger partial charge in [-0.25, -0.2) is 17.9 Å². The minimum absolute atomic E-state index is 0.105. The molecule has 0 aliphatic heterocycles. The van der Waals surface area contributed by atoms with Crippen LogP contribution in [0.4, 0.5) is 0 Å². The number of carboxylic acids is 1. The second-order valence-electron chi connectivity index (χ2n) is 3.34. The van der Waals surface area contributed by atoms with Crippen LogP contribution in [0.5, 0.6) is 0 Å². The van der Waals surface area contributed by atoms with Gasteiger partial charge in [0, 0.05) is 12.7 Å². The molecule has 0 saturated carbocycles. The number of nitrogens with one attached hydrogen (secondary N) is 2. The standard InChI is InChI=1S/C9H12N2O4S/c1-6(2)4-11-16(14,15)7-3-8(9(12)13)10-5-7/h3,5,10-11H,1,4H2,2H3,(H,12,13). The van der Waals surface area contributed by atoms with E-state index in [1.165, 1.54) is 0 Å². The van der Waals surface area contributed by atoms with Crippen LogP contribution in [0.2, 0.25) is 0 Å². The highest BCUT2D eigenvalue weighted by Gasteiger charge is 2.17. The van der Waals surface area contributed by atoms with Crippen LogP contribution in [0, 0.1) is 0 Å². The zero-order valence-corrected chi connectivity index (χ0v) is 9.47. The van der Waals surface area contributed by atoms with E-state index in [0.29, 0.717) is 5.57 Å². The second-order valence-corrected chi connectivity index (χ2v) is 5.10. The molecule has 1 rings (SSSR count). The Bertz CT molecular complexity index is 515. The third kappa shape index (κ3) is 2.94. The van der Waals surface area contributed by atoms with E-state index in [-0.39, 0.29) is 17.1 Å². The third-order valence-corrected chi connectivity index (χ3v) is 3.14. The molecule has 6 nitrogen and oxygen atoms in total. The van der Waals surface area contributed by atoms with Gasteiger partial charge in [0.05, 0.1) is 0 Å². The number of aromatic amines is 1. The van der Waals surface area contributed by atoms with Crippen LogP contribution in [0.15, 0.2) is 29.3 Å². The summed E-state index contributed by atoms with van der Waals surface area (Å²) in [5.74, 6) is -1.21. The first kappa shape index (κ1) is 12.5. The zero-order valence-electron chi connectivity index (χ0n) is 8.65. The van der Waals surface area contributed by atoms with Crippen LogP contribution < -0.4 is 4.72 Å². The maximum Gasteiger partial charge on any atom is 0.352 e. The lowest BCUT2D eigenvalue weighted by molar-refractivity contribution is 0.0691. The number of H-pyrrole nitrogens is 1. The molecule has 1 heterocycles. The van der Waals surface area contributed by atoms with Gasteiger partial charge in [-0.3, -0.25) is 0 Å². The molecule has 0 aromatic carbocycles. The van der Waals surface area contributed by atoms with E-state index in [2.05, 4.69) is 16.3 Å². The summed E-state index contributed by atoms with van der Waals surface area (Å²) >= 11 is 0. The fourth-order valence-corrected chi connectivity index (χ4v) is 2.04. The molecular formula is C9H12N2O4S. The van der Waals surface area contributed by atoms with E-state index < -0.39 is 16.0 Å². The first-order valence-electron chi connectivity index (χ1n) is 4.38. The highest BCUT2D eigenvalue weighted by molar-refractivity contribution is 7.89. The van der Waals surface area contributed by atoms with E-state index in [4.69, 9.17) is 5.11 Å². The maximum absolute atomic E-state index is 11.6. The van der Waals surface area contributed by atoms with Crippen molar-refractivity contribution in [2.75, 3.05) is 6.54 Å². The first-order valence-corrected chi connectivity index (χ1v) is 5.87. The van der Waals surface area contributed by atoms with Gasteiger partial charge >= 0.3 is 5.97 Å². The SMILES string of the molecule is C=C(C)CNS(=O)(=O)c1c[nH]c(C(=O)O)c1. The minimum atomic E-state index is -3.67. The zero-order chi connectivity index (χ0) is 12.3. The Labute approximate surface area is 93.0 Å². The van der Waals surface area contributed by atoms with Gasteiger partial charge in [0.15, 0.2) is 0 Å². The summed E-state index contributed by atoms with van der Waals surface area (Å²) in [6.45, 7) is 5.36. The number of carbonyl (C=O) groups is 1. The molecule has 7 heteroatoms. The Hall–Kier alpha value is -1.60. The summed E-state index contributed by atoms with van der Waals surface area (Å²) in [6, 6.07) is 1.06. The predicted molar refractivity (Wildman–Crippen MR) is 57.8 cm³/mol. The normalized spacial score (nSPS) is 11.3. The smallest absolute Gasteiger partial charge is 0.352 e. The number of aromatic carboxylic acids is 1. The van der Waals surface area contributed by atoms with Crippen molar-refractivity contribution in [3.8, 4) is 0 Å². The van der Waals surface area contributed by atoms with Crippen LogP contribution in [0.25, 0.3) is 0 Å². The van der Waals surface area contributed by atoms with Gasteiger partial charge in [0.2, 0.25) is 10.0 Å². The quantitative estimate of drug-likeness (QED) is 0.659. The molecule has 88 valence electrons. The van der Waals surface area contributed by atoms with Crippen molar-refractivity contribution in [1.29, 1.82) is 0 Å². The Balaban J connectivity index is 2.90. The first-order chi connectivity index (χ1) is 7.33. The predicted octanol–water partition coefficient (Wildman–Crippen LogP) is 0.567. The van der Waals surface area contributed by atoms with Gasteiger partial charge < -0.3 is 10.1 Å². The summed E-state index contributed by atoms with van der Waals surface area (Å²) in [4.78, 5) is 12.8. The van der Waals surface area contributed by atoms with Crippen LogP contribution in [0.3, 0.4) is 0 Å². The molecule has 0 aliphatic carbocycles. The van der Waals surface area contributed by atoms with E-state index in [1.807, 2.05) is 0 Å². The highest BCUT2D eigenvalue weighted by atomic mass is 32.2. The Morgan fingerprint density at radius 2 is 2.25 bits per heavy atom. The third-order valence-electron chi connectivity index (χ3n) is 1.76. The number of hydrogen-bond acceptors (Lipinski definition) is 3. The molecule has 16 heavy (non-hydrogen) atoms. The summed E-state index contributed by atoms with van der Waals surface area (Å²) in [6.07, 6.45) is 1.13. The summed E-state index contributed by atoms with van der Waals surface area (Å²) in [7, 11) is -3.67. The van der Waals surface area contributed by atoms with E-state index in [0.717, 1.165) is 12.3 Å². The summed E-state index contributed by atoms with van der Waals surface area (Å²) in [5, 5.41) is 8.62. The lowest BCUT2D eigenvalue weighted by Crippen LogP contribution is -2.24. The van der Waals surface area contributed by atoms with Crippen LogP contribution in [-0.4, -0.2) is 31.0 Å². The van der Waals surface area contributed by atoms with Gasteiger partial charge in [-0.15, -0.1) is 0 Å². The topological polar surface area (TPSA) is 99.3 Å². The monoisotopic (exact) mass is 244 g/mol. The molecule has 0 fully saturated rings. The number of sulfonamides is 1. The molecule has 0 spiro atoms. The Morgan fingerprint density at radius 3 is 2.69 bits per heavy atom. The molecule has 0 saturated heterocycles.